The first-order valence-electron chi connectivity index (χ1n) is 2.23. The van der Waals surface area contributed by atoms with E-state index in [2.05, 4.69) is 47.8 Å². The molecule has 0 fully saturated rings. The molecule has 0 N–H and O–H groups in total. The summed E-state index contributed by atoms with van der Waals surface area (Å²) in [6, 6.07) is 0. The summed E-state index contributed by atoms with van der Waals surface area (Å²) in [4.78, 5) is 0. The molecule has 1 aromatic rings. The van der Waals surface area contributed by atoms with Gasteiger partial charge in [-0.2, -0.15) is 0 Å². The minimum atomic E-state index is 0.729. The monoisotopic (exact) mass is 316 g/mol. The van der Waals surface area contributed by atoms with Gasteiger partial charge in [0.25, 0.3) is 0 Å². The fraction of sp³-hybridized carbons (Fsp3) is 0.200. The molecular weight excluding hydrogens is 316 g/mol. The Morgan fingerprint density at radius 3 is 1.78 bits per heavy atom. The van der Waals surface area contributed by atoms with Gasteiger partial charge in [0.15, 0.2) is 4.67 Å². The van der Waals surface area contributed by atoms with Crippen LogP contribution in [0.25, 0.3) is 0 Å². The van der Waals surface area contributed by atoms with Gasteiger partial charge in [-0.3, -0.25) is 0 Å². The van der Waals surface area contributed by atoms with E-state index in [0.717, 1.165) is 19.4 Å². The molecule has 1 nitrogen and oxygen atoms in total. The molecule has 0 aliphatic heterocycles. The average molecular weight is 319 g/mol. The van der Waals surface area contributed by atoms with Crippen molar-refractivity contribution in [2.75, 3.05) is 0 Å². The van der Waals surface area contributed by atoms with Gasteiger partial charge in [0, 0.05) is 0 Å². The second kappa shape index (κ2) is 2.76. The third-order valence-electron chi connectivity index (χ3n) is 0.917. The van der Waals surface area contributed by atoms with E-state index in [1.54, 1.807) is 0 Å². The van der Waals surface area contributed by atoms with E-state index in [-0.39, 0.29) is 0 Å². The molecule has 0 unspecified atom stereocenters. The highest BCUT2D eigenvalue weighted by molar-refractivity contribution is 9.14. The van der Waals surface area contributed by atoms with Crippen LogP contribution in [0.4, 0.5) is 0 Å². The van der Waals surface area contributed by atoms with Crippen LogP contribution in [-0.4, -0.2) is 0 Å². The zero-order valence-electron chi connectivity index (χ0n) is 4.54. The second-order valence-corrected chi connectivity index (χ2v) is 3.87. The van der Waals surface area contributed by atoms with E-state index in [4.69, 9.17) is 4.42 Å². The number of furan rings is 1. The standard InChI is InChI=1S/C5H3Br3O/c1-2-3(6)4(7)5(8)9-2/h1H3. The molecule has 1 heterocycles. The van der Waals surface area contributed by atoms with Crippen LogP contribution in [0, 0.1) is 6.92 Å². The molecule has 0 saturated heterocycles. The molecule has 0 bridgehead atoms. The van der Waals surface area contributed by atoms with Gasteiger partial charge in [0.05, 0.1) is 8.95 Å². The van der Waals surface area contributed by atoms with Crippen LogP contribution in [-0.2, 0) is 0 Å². The van der Waals surface area contributed by atoms with Gasteiger partial charge in [0.1, 0.15) is 5.76 Å². The van der Waals surface area contributed by atoms with Crippen LogP contribution in [0.1, 0.15) is 5.76 Å². The van der Waals surface area contributed by atoms with Crippen molar-refractivity contribution in [3.8, 4) is 0 Å². The quantitative estimate of drug-likeness (QED) is 0.707. The SMILES string of the molecule is Cc1oc(Br)c(Br)c1Br. The molecule has 9 heavy (non-hydrogen) atoms. The molecule has 0 spiro atoms. The minimum Gasteiger partial charge on any atom is -0.452 e. The molecule has 0 atom stereocenters. The number of rotatable bonds is 0. The largest absolute Gasteiger partial charge is 0.452 e. The van der Waals surface area contributed by atoms with Crippen molar-refractivity contribution in [2.24, 2.45) is 0 Å². The maximum absolute atomic E-state index is 5.17. The van der Waals surface area contributed by atoms with Crippen molar-refractivity contribution in [2.45, 2.75) is 6.92 Å². The predicted octanol–water partition coefficient (Wildman–Crippen LogP) is 3.88. The number of hydrogen-bond donors (Lipinski definition) is 0. The molecule has 0 aliphatic carbocycles. The van der Waals surface area contributed by atoms with E-state index >= 15 is 0 Å². The van der Waals surface area contributed by atoms with Crippen LogP contribution >= 0.6 is 47.8 Å². The van der Waals surface area contributed by atoms with Gasteiger partial charge >= 0.3 is 0 Å². The molecule has 4 heteroatoms. The maximum atomic E-state index is 5.17. The number of halogens is 3. The summed E-state index contributed by atoms with van der Waals surface area (Å²) < 4.78 is 7.79. The Hall–Kier alpha value is 0.720. The van der Waals surface area contributed by atoms with E-state index in [9.17, 15) is 0 Å². The van der Waals surface area contributed by atoms with Crippen molar-refractivity contribution in [1.29, 1.82) is 0 Å². The lowest BCUT2D eigenvalue weighted by atomic mass is 10.5. The topological polar surface area (TPSA) is 13.1 Å². The van der Waals surface area contributed by atoms with E-state index < -0.39 is 0 Å². The van der Waals surface area contributed by atoms with Gasteiger partial charge in [-0.05, 0) is 54.7 Å². The highest BCUT2D eigenvalue weighted by Crippen LogP contribution is 2.35. The first-order valence-corrected chi connectivity index (χ1v) is 4.60. The summed E-state index contributed by atoms with van der Waals surface area (Å²) in [6.45, 7) is 1.89. The smallest absolute Gasteiger partial charge is 0.184 e. The van der Waals surface area contributed by atoms with Crippen molar-refractivity contribution in [3.05, 3.63) is 19.4 Å². The number of hydrogen-bond acceptors (Lipinski definition) is 1. The maximum Gasteiger partial charge on any atom is 0.184 e. The van der Waals surface area contributed by atoms with Crippen LogP contribution in [0.15, 0.2) is 18.0 Å². The van der Waals surface area contributed by atoms with Gasteiger partial charge in [-0.15, -0.1) is 0 Å². The molecule has 0 saturated carbocycles. The Balaban J connectivity index is 3.29. The van der Waals surface area contributed by atoms with E-state index in [0.29, 0.717) is 0 Å². The molecule has 0 aliphatic rings. The Morgan fingerprint density at radius 1 is 1.11 bits per heavy atom. The van der Waals surface area contributed by atoms with Crippen LogP contribution < -0.4 is 0 Å². The Labute approximate surface area is 78.2 Å². The summed E-state index contributed by atoms with van der Waals surface area (Å²) in [5, 5.41) is 0. The molecule has 0 radical (unpaired) electrons. The summed E-state index contributed by atoms with van der Waals surface area (Å²) in [5.74, 6) is 0.869. The Bertz CT molecular complexity index is 206. The third kappa shape index (κ3) is 1.41. The summed E-state index contributed by atoms with van der Waals surface area (Å²) in [6.07, 6.45) is 0. The van der Waals surface area contributed by atoms with E-state index in [1.807, 2.05) is 6.92 Å². The summed E-state index contributed by atoms with van der Waals surface area (Å²) in [5.41, 5.74) is 0. The number of aryl methyl sites for hydroxylation is 1. The molecule has 0 amide bonds. The fourth-order valence-electron chi connectivity index (χ4n) is 0.465. The van der Waals surface area contributed by atoms with Gasteiger partial charge < -0.3 is 4.42 Å². The average Bonchev–Trinajstić information content (AvgIpc) is 1.98. The van der Waals surface area contributed by atoms with Gasteiger partial charge in [-0.25, -0.2) is 0 Å². The van der Waals surface area contributed by atoms with Crippen LogP contribution in [0.2, 0.25) is 0 Å². The lowest BCUT2D eigenvalue weighted by molar-refractivity contribution is 0.507. The fourth-order valence-corrected chi connectivity index (χ4v) is 1.79. The van der Waals surface area contributed by atoms with Crippen molar-refractivity contribution < 1.29 is 4.42 Å². The third-order valence-corrected chi connectivity index (χ3v) is 4.25. The zero-order chi connectivity index (χ0) is 7.02. The van der Waals surface area contributed by atoms with Crippen LogP contribution in [0.5, 0.6) is 0 Å². The predicted molar refractivity (Wildman–Crippen MR) is 46.5 cm³/mol. The van der Waals surface area contributed by atoms with Crippen molar-refractivity contribution in [1.82, 2.24) is 0 Å². The lowest BCUT2D eigenvalue weighted by Crippen LogP contribution is -1.59. The highest BCUT2D eigenvalue weighted by Gasteiger charge is 2.09. The molecule has 0 aromatic carbocycles. The molecule has 1 aromatic heterocycles. The first-order chi connectivity index (χ1) is 4.13. The first kappa shape index (κ1) is 7.82. The minimum absolute atomic E-state index is 0.729. The molecule has 50 valence electrons. The Morgan fingerprint density at radius 2 is 1.67 bits per heavy atom. The van der Waals surface area contributed by atoms with Crippen molar-refractivity contribution in [3.63, 3.8) is 0 Å². The zero-order valence-corrected chi connectivity index (χ0v) is 9.30. The lowest BCUT2D eigenvalue weighted by Gasteiger charge is -1.79. The van der Waals surface area contributed by atoms with Gasteiger partial charge in [0.2, 0.25) is 0 Å². The molecule has 1 rings (SSSR count). The highest BCUT2D eigenvalue weighted by atomic mass is 79.9. The van der Waals surface area contributed by atoms with Crippen LogP contribution in [0.3, 0.4) is 0 Å². The second-order valence-electron chi connectivity index (χ2n) is 1.56. The van der Waals surface area contributed by atoms with Crippen molar-refractivity contribution >= 4 is 47.8 Å². The normalized spacial score (nSPS) is 10.2. The Kier molecular flexibility index (Phi) is 2.40. The summed E-state index contributed by atoms with van der Waals surface area (Å²) in [7, 11) is 0. The summed E-state index contributed by atoms with van der Waals surface area (Å²) >= 11 is 9.86. The molecular formula is C5H3Br3O. The van der Waals surface area contributed by atoms with Gasteiger partial charge in [-0.1, -0.05) is 0 Å². The van der Waals surface area contributed by atoms with E-state index in [1.165, 1.54) is 0 Å².